The topological polar surface area (TPSA) is 49.4 Å². The van der Waals surface area contributed by atoms with Crippen LogP contribution in [0.2, 0.25) is 10.0 Å². The lowest BCUT2D eigenvalue weighted by Gasteiger charge is -2.29. The molecule has 2 amide bonds. The zero-order valence-corrected chi connectivity index (χ0v) is 19.8. The maximum atomic E-state index is 13.6. The molecule has 1 saturated heterocycles. The van der Waals surface area contributed by atoms with Gasteiger partial charge in [0.2, 0.25) is 5.91 Å². The Morgan fingerprint density at radius 3 is 2.45 bits per heavy atom. The van der Waals surface area contributed by atoms with E-state index in [0.717, 1.165) is 11.1 Å². The maximum absolute atomic E-state index is 13.6. The quantitative estimate of drug-likeness (QED) is 0.466. The Morgan fingerprint density at radius 1 is 1.03 bits per heavy atom. The molecule has 1 heterocycles. The molecule has 0 aromatic heterocycles. The second-order valence-corrected chi connectivity index (χ2v) is 9.57. The number of rotatable bonds is 6. The Balaban J connectivity index is 1.57. The molecule has 1 aliphatic rings. The van der Waals surface area contributed by atoms with Gasteiger partial charge in [0.25, 0.3) is 5.91 Å². The highest BCUT2D eigenvalue weighted by Crippen LogP contribution is 2.43. The molecule has 0 bridgehead atoms. The summed E-state index contributed by atoms with van der Waals surface area (Å²) < 4.78 is 13.5. The summed E-state index contributed by atoms with van der Waals surface area (Å²) in [5, 5.41) is 3.13. The van der Waals surface area contributed by atoms with Gasteiger partial charge in [-0.3, -0.25) is 9.59 Å². The Morgan fingerprint density at radius 2 is 1.76 bits per heavy atom. The van der Waals surface area contributed by atoms with Gasteiger partial charge in [0.1, 0.15) is 17.2 Å². The molecule has 1 aliphatic heterocycles. The first kappa shape index (κ1) is 23.6. The minimum absolute atomic E-state index is 0.213. The molecule has 0 saturated carbocycles. The Bertz CT molecular complexity index is 1140. The summed E-state index contributed by atoms with van der Waals surface area (Å²) >= 11 is 13.8. The largest absolute Gasteiger partial charge is 0.354 e. The summed E-state index contributed by atoms with van der Waals surface area (Å²) in [4.78, 5) is 28.2. The fourth-order valence-electron chi connectivity index (χ4n) is 3.74. The standard InChI is InChI=1S/C25H21Cl2FN2O2S/c26-18-8-11-20(21(27)14-18)24(32)30-22(15-33-25(30)17-6-9-19(28)10-7-17)23(31)29-13-12-16-4-2-1-3-5-16/h1-11,14,22,25H,12-13,15H2,(H,29,31). The van der Waals surface area contributed by atoms with Crippen LogP contribution in [0.4, 0.5) is 4.39 Å². The third-order valence-electron chi connectivity index (χ3n) is 5.41. The predicted octanol–water partition coefficient (Wildman–Crippen LogP) is 5.75. The van der Waals surface area contributed by atoms with Crippen molar-refractivity contribution in [2.24, 2.45) is 0 Å². The molecule has 8 heteroatoms. The molecule has 4 rings (SSSR count). The highest BCUT2D eigenvalue weighted by molar-refractivity contribution is 7.99. The molecule has 2 atom stereocenters. The van der Waals surface area contributed by atoms with E-state index in [-0.39, 0.29) is 28.2 Å². The van der Waals surface area contributed by atoms with Crippen molar-refractivity contribution in [1.82, 2.24) is 10.2 Å². The minimum atomic E-state index is -0.694. The Hall–Kier alpha value is -2.54. The predicted molar refractivity (Wildman–Crippen MR) is 131 cm³/mol. The van der Waals surface area contributed by atoms with Gasteiger partial charge < -0.3 is 10.2 Å². The van der Waals surface area contributed by atoms with E-state index in [0.29, 0.717) is 23.7 Å². The molecule has 1 fully saturated rings. The number of nitrogens with one attached hydrogen (secondary N) is 1. The van der Waals surface area contributed by atoms with Crippen LogP contribution in [0.25, 0.3) is 0 Å². The van der Waals surface area contributed by atoms with Crippen molar-refractivity contribution in [2.75, 3.05) is 12.3 Å². The molecule has 33 heavy (non-hydrogen) atoms. The molecule has 3 aromatic rings. The van der Waals surface area contributed by atoms with Crippen LogP contribution in [0.15, 0.2) is 72.8 Å². The Labute approximate surface area is 206 Å². The van der Waals surface area contributed by atoms with Gasteiger partial charge in [-0.1, -0.05) is 65.7 Å². The van der Waals surface area contributed by atoms with Crippen molar-refractivity contribution in [1.29, 1.82) is 0 Å². The number of amides is 2. The summed E-state index contributed by atoms with van der Waals surface area (Å²) in [7, 11) is 0. The number of benzene rings is 3. The van der Waals surface area contributed by atoms with Crippen LogP contribution in [0.5, 0.6) is 0 Å². The fraction of sp³-hybridized carbons (Fsp3) is 0.200. The van der Waals surface area contributed by atoms with E-state index in [9.17, 15) is 14.0 Å². The summed E-state index contributed by atoms with van der Waals surface area (Å²) in [6.45, 7) is 0.453. The highest BCUT2D eigenvalue weighted by Gasteiger charge is 2.43. The van der Waals surface area contributed by atoms with Gasteiger partial charge in [-0.15, -0.1) is 11.8 Å². The normalized spacial score (nSPS) is 17.7. The van der Waals surface area contributed by atoms with E-state index in [1.807, 2.05) is 30.3 Å². The van der Waals surface area contributed by atoms with Crippen LogP contribution in [-0.4, -0.2) is 35.1 Å². The molecule has 0 aliphatic carbocycles. The first-order chi connectivity index (χ1) is 15.9. The summed E-state index contributed by atoms with van der Waals surface area (Å²) in [6.07, 6.45) is 0.685. The van der Waals surface area contributed by atoms with Crippen molar-refractivity contribution < 1.29 is 14.0 Å². The summed E-state index contributed by atoms with van der Waals surface area (Å²) in [6, 6.07) is 19.8. The van der Waals surface area contributed by atoms with E-state index in [1.165, 1.54) is 34.9 Å². The number of thioether (sulfide) groups is 1. The number of carbonyl (C=O) groups is 2. The van der Waals surface area contributed by atoms with Gasteiger partial charge in [0.15, 0.2) is 0 Å². The molecule has 2 unspecified atom stereocenters. The molecular weight excluding hydrogens is 482 g/mol. The van der Waals surface area contributed by atoms with Crippen molar-refractivity contribution >= 4 is 46.8 Å². The maximum Gasteiger partial charge on any atom is 0.257 e. The van der Waals surface area contributed by atoms with E-state index >= 15 is 0 Å². The zero-order valence-electron chi connectivity index (χ0n) is 17.5. The average molecular weight is 503 g/mol. The van der Waals surface area contributed by atoms with Crippen molar-refractivity contribution in [3.8, 4) is 0 Å². The molecule has 170 valence electrons. The molecule has 0 spiro atoms. The van der Waals surface area contributed by atoms with Gasteiger partial charge >= 0.3 is 0 Å². The van der Waals surface area contributed by atoms with Crippen molar-refractivity contribution in [2.45, 2.75) is 17.8 Å². The number of hydrogen-bond donors (Lipinski definition) is 1. The van der Waals surface area contributed by atoms with Crippen LogP contribution < -0.4 is 5.32 Å². The lowest BCUT2D eigenvalue weighted by atomic mass is 10.1. The SMILES string of the molecule is O=C(NCCc1ccccc1)C1CSC(c2ccc(F)cc2)N1C(=O)c1ccc(Cl)cc1Cl. The lowest BCUT2D eigenvalue weighted by Crippen LogP contribution is -2.48. The summed E-state index contributed by atoms with van der Waals surface area (Å²) in [5.74, 6) is -0.563. The van der Waals surface area contributed by atoms with E-state index in [2.05, 4.69) is 5.32 Å². The van der Waals surface area contributed by atoms with E-state index < -0.39 is 11.4 Å². The highest BCUT2D eigenvalue weighted by atomic mass is 35.5. The van der Waals surface area contributed by atoms with Gasteiger partial charge in [0.05, 0.1) is 10.6 Å². The number of nitrogens with zero attached hydrogens (tertiary/aromatic N) is 1. The first-order valence-electron chi connectivity index (χ1n) is 10.4. The lowest BCUT2D eigenvalue weighted by molar-refractivity contribution is -0.124. The smallest absolute Gasteiger partial charge is 0.257 e. The van der Waals surface area contributed by atoms with Gasteiger partial charge in [-0.2, -0.15) is 0 Å². The number of hydrogen-bond acceptors (Lipinski definition) is 3. The fourth-order valence-corrected chi connectivity index (χ4v) is 5.65. The monoisotopic (exact) mass is 502 g/mol. The number of halogens is 3. The van der Waals surface area contributed by atoms with Crippen molar-refractivity contribution in [3.63, 3.8) is 0 Å². The van der Waals surface area contributed by atoms with Crippen LogP contribution >= 0.6 is 35.0 Å². The van der Waals surface area contributed by atoms with Gasteiger partial charge in [-0.25, -0.2) is 4.39 Å². The van der Waals surface area contributed by atoms with Crippen LogP contribution in [-0.2, 0) is 11.2 Å². The molecule has 0 radical (unpaired) electrons. The molecular formula is C25H21Cl2FN2O2S. The van der Waals surface area contributed by atoms with Gasteiger partial charge in [-0.05, 0) is 47.9 Å². The third kappa shape index (κ3) is 5.52. The van der Waals surface area contributed by atoms with Crippen LogP contribution in [0.3, 0.4) is 0 Å². The average Bonchev–Trinajstić information content (AvgIpc) is 3.25. The van der Waals surface area contributed by atoms with Crippen LogP contribution in [0.1, 0.15) is 26.9 Å². The van der Waals surface area contributed by atoms with Gasteiger partial charge in [0, 0.05) is 17.3 Å². The van der Waals surface area contributed by atoms with Crippen molar-refractivity contribution in [3.05, 3.63) is 105 Å². The van der Waals surface area contributed by atoms with Crippen LogP contribution in [0, 0.1) is 5.82 Å². The number of carbonyl (C=O) groups excluding carboxylic acids is 2. The second kappa shape index (κ2) is 10.6. The van der Waals surface area contributed by atoms with E-state index in [4.69, 9.17) is 23.2 Å². The van der Waals surface area contributed by atoms with E-state index in [1.54, 1.807) is 24.3 Å². The Kier molecular flexibility index (Phi) is 7.58. The summed E-state index contributed by atoms with van der Waals surface area (Å²) in [5.41, 5.74) is 2.11. The molecule has 4 nitrogen and oxygen atoms in total. The molecule has 3 aromatic carbocycles. The minimum Gasteiger partial charge on any atom is -0.354 e. The zero-order chi connectivity index (χ0) is 23.4. The first-order valence-corrected chi connectivity index (χ1v) is 12.2. The second-order valence-electron chi connectivity index (χ2n) is 7.62. The third-order valence-corrected chi connectivity index (χ3v) is 7.28. The molecule has 1 N–H and O–H groups in total.